The zero-order valence-corrected chi connectivity index (χ0v) is 16.0. The molecule has 0 aliphatic carbocycles. The lowest BCUT2D eigenvalue weighted by molar-refractivity contribution is 0.560. The Kier molecular flexibility index (Phi) is 3.70. The van der Waals surface area contributed by atoms with E-state index in [-0.39, 0.29) is 11.4 Å². The lowest BCUT2D eigenvalue weighted by Crippen LogP contribution is -2.22. The van der Waals surface area contributed by atoms with Gasteiger partial charge in [-0.15, -0.1) is 0 Å². The molecule has 0 fully saturated rings. The van der Waals surface area contributed by atoms with Crippen LogP contribution >= 0.6 is 11.3 Å². The van der Waals surface area contributed by atoms with Crippen LogP contribution in [-0.2, 0) is 0 Å². The first-order valence-electron chi connectivity index (χ1n) is 8.80. The quantitative estimate of drug-likeness (QED) is 0.447. The van der Waals surface area contributed by atoms with Gasteiger partial charge in [0.25, 0.3) is 5.56 Å². The summed E-state index contributed by atoms with van der Waals surface area (Å²) in [6.45, 7) is 4.04. The Morgan fingerprint density at radius 2 is 1.93 bits per heavy atom. The molecule has 5 aromatic rings. The van der Waals surface area contributed by atoms with Crippen LogP contribution in [-0.4, -0.2) is 9.38 Å². The topological polar surface area (TPSA) is 47.5 Å². The average molecular weight is 390 g/mol. The van der Waals surface area contributed by atoms with Gasteiger partial charge in [0.05, 0.1) is 16.6 Å². The number of thiazole rings is 1. The van der Waals surface area contributed by atoms with Crippen molar-refractivity contribution >= 4 is 33.4 Å². The van der Waals surface area contributed by atoms with E-state index in [4.69, 9.17) is 4.42 Å². The summed E-state index contributed by atoms with van der Waals surface area (Å²) in [5.74, 6) is 0.575. The minimum absolute atomic E-state index is 0.130. The van der Waals surface area contributed by atoms with E-state index in [1.54, 1.807) is 40.8 Å². The Bertz CT molecular complexity index is 1480. The van der Waals surface area contributed by atoms with Gasteiger partial charge in [-0.1, -0.05) is 29.5 Å². The van der Waals surface area contributed by atoms with E-state index >= 15 is 0 Å². The molecule has 0 saturated heterocycles. The molecule has 0 aliphatic rings. The fourth-order valence-corrected chi connectivity index (χ4v) is 4.29. The van der Waals surface area contributed by atoms with E-state index in [2.05, 4.69) is 4.98 Å². The van der Waals surface area contributed by atoms with Gasteiger partial charge in [0.15, 0.2) is 4.96 Å². The summed E-state index contributed by atoms with van der Waals surface area (Å²) in [6.07, 6.45) is 1.68. The highest BCUT2D eigenvalue weighted by atomic mass is 32.1. The van der Waals surface area contributed by atoms with Gasteiger partial charge < -0.3 is 4.42 Å². The lowest BCUT2D eigenvalue weighted by Gasteiger charge is -1.99. The summed E-state index contributed by atoms with van der Waals surface area (Å²) in [7, 11) is 0. The molecule has 0 radical (unpaired) electrons. The number of hydrogen-bond donors (Lipinski definition) is 0. The molecule has 0 bridgehead atoms. The molecule has 3 heterocycles. The predicted molar refractivity (Wildman–Crippen MR) is 109 cm³/mol. The van der Waals surface area contributed by atoms with Crippen LogP contribution in [0, 0.1) is 19.7 Å². The molecule has 138 valence electrons. The number of benzene rings is 2. The maximum atomic E-state index is 14.0. The van der Waals surface area contributed by atoms with Crippen molar-refractivity contribution in [1.82, 2.24) is 9.38 Å². The molecule has 0 N–H and O–H groups in total. The van der Waals surface area contributed by atoms with Crippen molar-refractivity contribution in [2.45, 2.75) is 13.8 Å². The summed E-state index contributed by atoms with van der Waals surface area (Å²) in [4.78, 5) is 18.2. The highest BCUT2D eigenvalue weighted by Crippen LogP contribution is 2.25. The molecular weight excluding hydrogens is 375 g/mol. The van der Waals surface area contributed by atoms with Crippen LogP contribution in [0.25, 0.3) is 33.4 Å². The van der Waals surface area contributed by atoms with Crippen LogP contribution in [0.4, 0.5) is 4.39 Å². The zero-order chi connectivity index (χ0) is 19.4. The Morgan fingerprint density at radius 1 is 1.11 bits per heavy atom. The Balaban J connectivity index is 1.65. The maximum absolute atomic E-state index is 14.0. The molecular formula is C22H15FN2O2S. The van der Waals surface area contributed by atoms with Crippen molar-refractivity contribution < 1.29 is 8.81 Å². The van der Waals surface area contributed by atoms with Crippen molar-refractivity contribution in [1.29, 1.82) is 0 Å². The van der Waals surface area contributed by atoms with Gasteiger partial charge in [0, 0.05) is 6.08 Å². The molecule has 28 heavy (non-hydrogen) atoms. The lowest BCUT2D eigenvalue weighted by atomic mass is 10.1. The predicted octanol–water partition coefficient (Wildman–Crippen LogP) is 4.47. The summed E-state index contributed by atoms with van der Waals surface area (Å²) < 4.78 is 21.9. The summed E-state index contributed by atoms with van der Waals surface area (Å²) >= 11 is 1.32. The van der Waals surface area contributed by atoms with Crippen molar-refractivity contribution in [3.63, 3.8) is 0 Å². The number of hydrogen-bond acceptors (Lipinski definition) is 4. The van der Waals surface area contributed by atoms with Crippen LogP contribution in [0.3, 0.4) is 0 Å². The molecule has 0 amide bonds. The SMILES string of the molecule is Cc1ccc2c(nc3sc(=Cc4ccc(-c5ccccc5F)o4)c(=O)n32)c1C. The first-order chi connectivity index (χ1) is 13.5. The van der Waals surface area contributed by atoms with E-state index in [0.717, 1.165) is 22.2 Å². The molecule has 2 aromatic carbocycles. The highest BCUT2D eigenvalue weighted by molar-refractivity contribution is 7.15. The monoisotopic (exact) mass is 390 g/mol. The standard InChI is InChI=1S/C22H15FN2O2S/c1-12-7-9-17-20(13(12)2)24-22-25(17)21(26)19(28-22)11-14-8-10-18(27-14)15-5-3-4-6-16(15)23/h3-11H,1-2H3. The molecule has 0 aliphatic heterocycles. The Hall–Kier alpha value is -3.25. The van der Waals surface area contributed by atoms with Crippen LogP contribution < -0.4 is 10.1 Å². The number of halogens is 1. The third-order valence-electron chi connectivity index (χ3n) is 4.97. The molecule has 3 aromatic heterocycles. The van der Waals surface area contributed by atoms with Gasteiger partial charge in [-0.3, -0.25) is 4.79 Å². The number of aryl methyl sites for hydroxylation is 2. The number of nitrogens with zero attached hydrogens (tertiary/aromatic N) is 2. The average Bonchev–Trinajstić information content (AvgIpc) is 3.36. The zero-order valence-electron chi connectivity index (χ0n) is 15.2. The normalized spacial score (nSPS) is 12.5. The van der Waals surface area contributed by atoms with Crippen molar-refractivity contribution in [3.8, 4) is 11.3 Å². The Morgan fingerprint density at radius 3 is 2.75 bits per heavy atom. The third kappa shape index (κ3) is 2.49. The largest absolute Gasteiger partial charge is 0.457 e. The smallest absolute Gasteiger partial charge is 0.275 e. The summed E-state index contributed by atoms with van der Waals surface area (Å²) in [5.41, 5.74) is 4.16. The second-order valence-corrected chi connectivity index (χ2v) is 7.71. The van der Waals surface area contributed by atoms with Gasteiger partial charge >= 0.3 is 0 Å². The van der Waals surface area contributed by atoms with Crippen LogP contribution in [0.1, 0.15) is 16.9 Å². The van der Waals surface area contributed by atoms with Crippen LogP contribution in [0.15, 0.2) is 57.7 Å². The second kappa shape index (κ2) is 6.14. The van der Waals surface area contributed by atoms with E-state index in [0.29, 0.717) is 26.6 Å². The Labute approximate surface area is 163 Å². The van der Waals surface area contributed by atoms with Crippen molar-refractivity contribution in [3.05, 3.63) is 86.1 Å². The fraction of sp³-hybridized carbons (Fsp3) is 0.0909. The maximum Gasteiger partial charge on any atom is 0.275 e. The molecule has 0 spiro atoms. The molecule has 6 heteroatoms. The highest BCUT2D eigenvalue weighted by Gasteiger charge is 2.14. The minimum atomic E-state index is -0.348. The van der Waals surface area contributed by atoms with Crippen LogP contribution in [0.5, 0.6) is 0 Å². The number of imidazole rings is 1. The van der Waals surface area contributed by atoms with Gasteiger partial charge in [-0.05, 0) is 55.3 Å². The molecule has 0 saturated carbocycles. The number of rotatable bonds is 2. The van der Waals surface area contributed by atoms with Gasteiger partial charge in [-0.2, -0.15) is 0 Å². The number of fused-ring (bicyclic) bond motifs is 3. The molecule has 0 unspecified atom stereocenters. The van der Waals surface area contributed by atoms with E-state index in [1.165, 1.54) is 17.4 Å². The van der Waals surface area contributed by atoms with Crippen molar-refractivity contribution in [2.24, 2.45) is 0 Å². The number of aromatic nitrogens is 2. The molecule has 0 atom stereocenters. The van der Waals surface area contributed by atoms with Gasteiger partial charge in [0.1, 0.15) is 21.9 Å². The van der Waals surface area contributed by atoms with E-state index in [1.807, 2.05) is 26.0 Å². The fourth-order valence-electron chi connectivity index (χ4n) is 3.33. The van der Waals surface area contributed by atoms with E-state index < -0.39 is 0 Å². The third-order valence-corrected chi connectivity index (χ3v) is 5.94. The van der Waals surface area contributed by atoms with Crippen LogP contribution in [0.2, 0.25) is 0 Å². The molecule has 5 rings (SSSR count). The van der Waals surface area contributed by atoms with E-state index in [9.17, 15) is 9.18 Å². The van der Waals surface area contributed by atoms with Gasteiger partial charge in [-0.25, -0.2) is 13.8 Å². The first-order valence-corrected chi connectivity index (χ1v) is 9.62. The summed E-state index contributed by atoms with van der Waals surface area (Å²) in [6, 6.07) is 13.8. The van der Waals surface area contributed by atoms with Crippen molar-refractivity contribution in [2.75, 3.05) is 0 Å². The minimum Gasteiger partial charge on any atom is -0.457 e. The number of furan rings is 1. The van der Waals surface area contributed by atoms with Gasteiger partial charge in [0.2, 0.25) is 0 Å². The molecule has 4 nitrogen and oxygen atoms in total. The second-order valence-electron chi connectivity index (χ2n) is 6.70. The summed E-state index contributed by atoms with van der Waals surface area (Å²) in [5, 5.41) is 0. The first kappa shape index (κ1) is 16.9.